The van der Waals surface area contributed by atoms with E-state index in [4.69, 9.17) is 17.0 Å². The predicted octanol–water partition coefficient (Wildman–Crippen LogP) is 5.55. The van der Waals surface area contributed by atoms with Crippen LogP contribution in [0.25, 0.3) is 16.8 Å². The van der Waals surface area contributed by atoms with E-state index in [9.17, 15) is 9.59 Å². The van der Waals surface area contributed by atoms with Gasteiger partial charge in [0.25, 0.3) is 11.8 Å². The van der Waals surface area contributed by atoms with Crippen molar-refractivity contribution < 1.29 is 14.3 Å². The second kappa shape index (κ2) is 9.21. The highest BCUT2D eigenvalue weighted by molar-refractivity contribution is 9.10. The summed E-state index contributed by atoms with van der Waals surface area (Å²) in [6, 6.07) is 18.6. The minimum atomic E-state index is -0.412. The fraction of sp³-hybridized carbons (Fsp3) is 0.0870. The molecule has 0 radical (unpaired) electrons. The number of nitrogens with zero attached hydrogens (tertiary/aromatic N) is 1. The molecule has 3 aromatic rings. The van der Waals surface area contributed by atoms with Crippen LogP contribution in [0.1, 0.15) is 22.8 Å². The van der Waals surface area contributed by atoms with E-state index >= 15 is 0 Å². The van der Waals surface area contributed by atoms with Gasteiger partial charge in [0.2, 0.25) is 0 Å². The molecular formula is C23H17BrN2O3S2. The molecule has 1 N–H and O–H groups in total. The fourth-order valence-electron chi connectivity index (χ4n) is 3.17. The van der Waals surface area contributed by atoms with E-state index in [0.29, 0.717) is 22.8 Å². The van der Waals surface area contributed by atoms with Gasteiger partial charge in [-0.1, -0.05) is 58.0 Å². The van der Waals surface area contributed by atoms with Gasteiger partial charge in [-0.2, -0.15) is 5.01 Å². The van der Waals surface area contributed by atoms with Gasteiger partial charge < -0.3 is 4.74 Å². The van der Waals surface area contributed by atoms with Crippen LogP contribution in [0.2, 0.25) is 0 Å². The Morgan fingerprint density at radius 3 is 2.65 bits per heavy atom. The normalized spacial score (nSPS) is 15.0. The molecule has 156 valence electrons. The number of nitrogens with one attached hydrogen (secondary N) is 1. The molecule has 0 atom stereocenters. The van der Waals surface area contributed by atoms with Crippen molar-refractivity contribution in [2.45, 2.75) is 6.92 Å². The molecular weight excluding hydrogens is 496 g/mol. The molecule has 8 heteroatoms. The lowest BCUT2D eigenvalue weighted by Crippen LogP contribution is -2.44. The third-order valence-electron chi connectivity index (χ3n) is 4.62. The smallest absolute Gasteiger partial charge is 0.285 e. The van der Waals surface area contributed by atoms with Crippen LogP contribution in [-0.2, 0) is 4.79 Å². The Hall–Kier alpha value is -2.68. The van der Waals surface area contributed by atoms with E-state index in [0.717, 1.165) is 37.6 Å². The summed E-state index contributed by atoms with van der Waals surface area (Å²) in [6.45, 7) is 2.42. The van der Waals surface area contributed by atoms with Gasteiger partial charge in [0.15, 0.2) is 4.32 Å². The van der Waals surface area contributed by atoms with Gasteiger partial charge >= 0.3 is 0 Å². The predicted molar refractivity (Wildman–Crippen MR) is 132 cm³/mol. The van der Waals surface area contributed by atoms with Crippen LogP contribution < -0.4 is 10.2 Å². The van der Waals surface area contributed by atoms with Crippen LogP contribution in [-0.4, -0.2) is 27.8 Å². The molecule has 1 aliphatic heterocycles. The molecule has 3 aromatic carbocycles. The van der Waals surface area contributed by atoms with Crippen molar-refractivity contribution in [1.29, 1.82) is 0 Å². The van der Waals surface area contributed by atoms with Crippen molar-refractivity contribution in [3.05, 3.63) is 81.2 Å². The average Bonchev–Trinajstić information content (AvgIpc) is 3.03. The lowest BCUT2D eigenvalue weighted by Gasteiger charge is -2.15. The quantitative estimate of drug-likeness (QED) is 0.358. The Labute approximate surface area is 197 Å². The molecule has 1 heterocycles. The highest BCUT2D eigenvalue weighted by atomic mass is 79.9. The second-order valence-electron chi connectivity index (χ2n) is 6.60. The molecule has 2 amide bonds. The van der Waals surface area contributed by atoms with Gasteiger partial charge in [0.1, 0.15) is 5.75 Å². The summed E-state index contributed by atoms with van der Waals surface area (Å²) >= 11 is 9.83. The first-order valence-corrected chi connectivity index (χ1v) is 11.5. The van der Waals surface area contributed by atoms with Crippen LogP contribution >= 0.6 is 39.9 Å². The summed E-state index contributed by atoms with van der Waals surface area (Å²) in [7, 11) is 0. The number of carbonyl (C=O) groups excluding carboxylic acids is 2. The Bertz CT molecular complexity index is 1230. The molecule has 0 unspecified atom stereocenters. The van der Waals surface area contributed by atoms with E-state index in [2.05, 4.69) is 21.4 Å². The first-order valence-electron chi connectivity index (χ1n) is 9.47. The maximum Gasteiger partial charge on any atom is 0.285 e. The van der Waals surface area contributed by atoms with Crippen molar-refractivity contribution >= 4 is 72.9 Å². The van der Waals surface area contributed by atoms with Crippen molar-refractivity contribution in [1.82, 2.24) is 10.4 Å². The lowest BCUT2D eigenvalue weighted by atomic mass is 10.0. The Kier molecular flexibility index (Phi) is 6.41. The third kappa shape index (κ3) is 4.51. The summed E-state index contributed by atoms with van der Waals surface area (Å²) in [6.07, 6.45) is 1.78. The molecule has 1 saturated heterocycles. The molecule has 0 bridgehead atoms. The first kappa shape index (κ1) is 21.5. The van der Waals surface area contributed by atoms with E-state index in [1.165, 1.54) is 0 Å². The number of carbonyl (C=O) groups is 2. The van der Waals surface area contributed by atoms with Crippen molar-refractivity contribution in [3.63, 3.8) is 0 Å². The van der Waals surface area contributed by atoms with Crippen LogP contribution in [0.15, 0.2) is 70.0 Å². The van der Waals surface area contributed by atoms with Gasteiger partial charge in [0, 0.05) is 15.6 Å². The van der Waals surface area contributed by atoms with Gasteiger partial charge in [-0.15, -0.1) is 0 Å². The van der Waals surface area contributed by atoms with Crippen molar-refractivity contribution in [3.8, 4) is 5.75 Å². The summed E-state index contributed by atoms with van der Waals surface area (Å²) in [5.41, 5.74) is 3.83. The van der Waals surface area contributed by atoms with E-state index < -0.39 is 5.91 Å². The van der Waals surface area contributed by atoms with Gasteiger partial charge in [-0.3, -0.25) is 15.0 Å². The number of benzene rings is 3. The molecule has 4 rings (SSSR count). The molecule has 0 aromatic heterocycles. The maximum absolute atomic E-state index is 13.0. The third-order valence-corrected chi connectivity index (χ3v) is 6.45. The van der Waals surface area contributed by atoms with E-state index in [1.54, 1.807) is 30.3 Å². The molecule has 0 saturated carbocycles. The van der Waals surface area contributed by atoms with Crippen molar-refractivity contribution in [2.24, 2.45) is 0 Å². The molecule has 1 fully saturated rings. The van der Waals surface area contributed by atoms with Crippen LogP contribution in [0, 0.1) is 0 Å². The minimum absolute atomic E-state index is 0.264. The number of ether oxygens (including phenoxy) is 1. The zero-order chi connectivity index (χ0) is 22.0. The number of halogens is 1. The summed E-state index contributed by atoms with van der Waals surface area (Å²) in [5.74, 6) is -0.105. The zero-order valence-electron chi connectivity index (χ0n) is 16.4. The van der Waals surface area contributed by atoms with Gasteiger partial charge in [0.05, 0.1) is 11.5 Å². The number of amides is 2. The van der Waals surface area contributed by atoms with E-state index in [1.807, 2.05) is 43.3 Å². The number of thioether (sulfide) groups is 1. The SMILES string of the molecule is CCOc1ccc2ccccc2c1/C=C1/SC(=S)N(NC(=O)c2ccc(Br)cc2)C1=O. The lowest BCUT2D eigenvalue weighted by molar-refractivity contribution is -0.123. The molecule has 5 nitrogen and oxygen atoms in total. The van der Waals surface area contributed by atoms with E-state index in [-0.39, 0.29) is 10.2 Å². The number of hydrogen-bond acceptors (Lipinski definition) is 5. The van der Waals surface area contributed by atoms with Crippen LogP contribution in [0.5, 0.6) is 5.75 Å². The standard InChI is InChI=1S/C23H17BrN2O3S2/c1-2-29-19-12-9-14-5-3-4-6-17(14)18(19)13-20-22(28)26(23(30)31-20)25-21(27)15-7-10-16(24)11-8-15/h3-13H,2H2,1H3,(H,25,27)/b20-13+. The fourth-order valence-corrected chi connectivity index (χ4v) is 4.59. The highest BCUT2D eigenvalue weighted by Gasteiger charge is 2.34. The minimum Gasteiger partial charge on any atom is -0.493 e. The summed E-state index contributed by atoms with van der Waals surface area (Å²) in [5, 5.41) is 3.12. The largest absolute Gasteiger partial charge is 0.493 e. The highest BCUT2D eigenvalue weighted by Crippen LogP contribution is 2.36. The van der Waals surface area contributed by atoms with Crippen LogP contribution in [0.4, 0.5) is 0 Å². The maximum atomic E-state index is 13.0. The molecule has 31 heavy (non-hydrogen) atoms. The summed E-state index contributed by atoms with van der Waals surface area (Å²) < 4.78 is 6.91. The number of hydrogen-bond donors (Lipinski definition) is 1. The van der Waals surface area contributed by atoms with Gasteiger partial charge in [-0.05, 0) is 66.3 Å². The first-order chi connectivity index (χ1) is 15.0. The topological polar surface area (TPSA) is 58.6 Å². The number of rotatable bonds is 5. The Morgan fingerprint density at radius 1 is 1.16 bits per heavy atom. The average molecular weight is 513 g/mol. The number of fused-ring (bicyclic) bond motifs is 1. The molecule has 0 aliphatic carbocycles. The number of thiocarbonyl (C=S) groups is 1. The number of hydrazine groups is 1. The Morgan fingerprint density at radius 2 is 1.90 bits per heavy atom. The Balaban J connectivity index is 1.65. The summed E-state index contributed by atoms with van der Waals surface area (Å²) in [4.78, 5) is 26.0. The monoisotopic (exact) mass is 512 g/mol. The molecule has 0 spiro atoms. The second-order valence-corrected chi connectivity index (χ2v) is 9.19. The van der Waals surface area contributed by atoms with Crippen molar-refractivity contribution in [2.75, 3.05) is 6.61 Å². The van der Waals surface area contributed by atoms with Gasteiger partial charge in [-0.25, -0.2) is 0 Å². The molecule has 1 aliphatic rings. The van der Waals surface area contributed by atoms with Crippen LogP contribution in [0.3, 0.4) is 0 Å². The zero-order valence-corrected chi connectivity index (χ0v) is 19.6.